The number of hydrogen-bond acceptors (Lipinski definition) is 4. The lowest BCUT2D eigenvalue weighted by Crippen LogP contribution is -2.02. The van der Waals surface area contributed by atoms with Crippen molar-refractivity contribution in [2.45, 2.75) is 6.54 Å². The Morgan fingerprint density at radius 3 is 3.00 bits per heavy atom. The molecule has 78 valence electrons. The maximum atomic E-state index is 5.61. The molecule has 0 atom stereocenters. The number of anilines is 2. The first kappa shape index (κ1) is 9.51. The molecule has 2 heterocycles. The SMILES string of the molecule is Cn1ccc(CNc2cncc(N)c2)n1. The minimum Gasteiger partial charge on any atom is -0.397 e. The summed E-state index contributed by atoms with van der Waals surface area (Å²) in [5.41, 5.74) is 8.15. The van der Waals surface area contributed by atoms with Gasteiger partial charge >= 0.3 is 0 Å². The Hall–Kier alpha value is -2.04. The number of rotatable bonds is 3. The second-order valence-electron chi connectivity index (χ2n) is 3.34. The monoisotopic (exact) mass is 203 g/mol. The first-order valence-electron chi connectivity index (χ1n) is 4.67. The van der Waals surface area contributed by atoms with Gasteiger partial charge in [-0.05, 0) is 12.1 Å². The highest BCUT2D eigenvalue weighted by Gasteiger charge is 1.97. The number of nitrogen functional groups attached to an aromatic ring is 1. The predicted molar refractivity (Wildman–Crippen MR) is 59.2 cm³/mol. The van der Waals surface area contributed by atoms with Crippen molar-refractivity contribution in [1.29, 1.82) is 0 Å². The minimum atomic E-state index is 0.654. The first-order valence-corrected chi connectivity index (χ1v) is 4.67. The van der Waals surface area contributed by atoms with Crippen molar-refractivity contribution in [2.75, 3.05) is 11.1 Å². The van der Waals surface area contributed by atoms with Crippen molar-refractivity contribution < 1.29 is 0 Å². The Balaban J connectivity index is 1.99. The quantitative estimate of drug-likeness (QED) is 0.781. The lowest BCUT2D eigenvalue weighted by Gasteiger charge is -2.03. The van der Waals surface area contributed by atoms with E-state index >= 15 is 0 Å². The fourth-order valence-corrected chi connectivity index (χ4v) is 1.30. The van der Waals surface area contributed by atoms with Gasteiger partial charge in [0.15, 0.2) is 0 Å². The Labute approximate surface area is 87.9 Å². The number of nitrogens with zero attached hydrogens (tertiary/aromatic N) is 3. The van der Waals surface area contributed by atoms with E-state index in [4.69, 9.17) is 5.73 Å². The number of pyridine rings is 1. The van der Waals surface area contributed by atoms with E-state index in [1.807, 2.05) is 25.4 Å². The van der Waals surface area contributed by atoms with E-state index in [0.29, 0.717) is 12.2 Å². The molecule has 0 bridgehead atoms. The van der Waals surface area contributed by atoms with Crippen LogP contribution in [-0.2, 0) is 13.6 Å². The molecule has 15 heavy (non-hydrogen) atoms. The van der Waals surface area contributed by atoms with Crippen molar-refractivity contribution in [2.24, 2.45) is 7.05 Å². The van der Waals surface area contributed by atoms with Gasteiger partial charge in [0.25, 0.3) is 0 Å². The van der Waals surface area contributed by atoms with Gasteiger partial charge in [-0.2, -0.15) is 5.10 Å². The van der Waals surface area contributed by atoms with Crippen LogP contribution in [0.2, 0.25) is 0 Å². The number of aromatic nitrogens is 3. The highest BCUT2D eigenvalue weighted by atomic mass is 15.3. The van der Waals surface area contributed by atoms with Crippen LogP contribution in [0.25, 0.3) is 0 Å². The maximum Gasteiger partial charge on any atom is 0.0815 e. The predicted octanol–water partition coefficient (Wildman–Crippen LogP) is 1.01. The maximum absolute atomic E-state index is 5.61. The Kier molecular flexibility index (Phi) is 2.53. The Bertz CT molecular complexity index is 449. The summed E-state index contributed by atoms with van der Waals surface area (Å²) in [6.45, 7) is 0.673. The van der Waals surface area contributed by atoms with Gasteiger partial charge in [-0.15, -0.1) is 0 Å². The topological polar surface area (TPSA) is 68.8 Å². The number of aryl methyl sites for hydroxylation is 1. The van der Waals surface area contributed by atoms with Gasteiger partial charge in [0.05, 0.1) is 29.8 Å². The fourth-order valence-electron chi connectivity index (χ4n) is 1.30. The van der Waals surface area contributed by atoms with E-state index < -0.39 is 0 Å². The van der Waals surface area contributed by atoms with E-state index in [2.05, 4.69) is 15.4 Å². The van der Waals surface area contributed by atoms with Gasteiger partial charge in [0, 0.05) is 19.4 Å². The number of nitrogens with one attached hydrogen (secondary N) is 1. The smallest absolute Gasteiger partial charge is 0.0815 e. The first-order chi connectivity index (χ1) is 7.24. The second kappa shape index (κ2) is 4.00. The largest absolute Gasteiger partial charge is 0.397 e. The number of hydrogen-bond donors (Lipinski definition) is 2. The molecular weight excluding hydrogens is 190 g/mol. The van der Waals surface area contributed by atoms with Crippen LogP contribution >= 0.6 is 0 Å². The molecule has 2 aromatic heterocycles. The molecule has 5 nitrogen and oxygen atoms in total. The lowest BCUT2D eigenvalue weighted by atomic mass is 10.3. The molecule has 0 radical (unpaired) electrons. The summed E-state index contributed by atoms with van der Waals surface area (Å²) in [7, 11) is 1.89. The summed E-state index contributed by atoms with van der Waals surface area (Å²) in [5, 5.41) is 7.45. The molecular formula is C10H13N5. The summed E-state index contributed by atoms with van der Waals surface area (Å²) in [5.74, 6) is 0. The summed E-state index contributed by atoms with van der Waals surface area (Å²) >= 11 is 0. The molecule has 2 aromatic rings. The van der Waals surface area contributed by atoms with Crippen LogP contribution in [0.5, 0.6) is 0 Å². The van der Waals surface area contributed by atoms with E-state index in [1.54, 1.807) is 17.1 Å². The van der Waals surface area contributed by atoms with Gasteiger partial charge in [-0.3, -0.25) is 9.67 Å². The number of nitrogens with two attached hydrogens (primary N) is 1. The average molecular weight is 203 g/mol. The molecule has 0 aliphatic carbocycles. The van der Waals surface area contributed by atoms with Crippen molar-refractivity contribution in [3.63, 3.8) is 0 Å². The highest BCUT2D eigenvalue weighted by Crippen LogP contribution is 2.10. The molecule has 0 saturated heterocycles. The van der Waals surface area contributed by atoms with Crippen molar-refractivity contribution in [3.8, 4) is 0 Å². The third-order valence-electron chi connectivity index (χ3n) is 2.00. The molecule has 2 rings (SSSR count). The molecule has 0 spiro atoms. The van der Waals surface area contributed by atoms with E-state index in [9.17, 15) is 0 Å². The van der Waals surface area contributed by atoms with Crippen LogP contribution in [-0.4, -0.2) is 14.8 Å². The summed E-state index contributed by atoms with van der Waals surface area (Å²) < 4.78 is 1.77. The van der Waals surface area contributed by atoms with E-state index in [-0.39, 0.29) is 0 Å². The minimum absolute atomic E-state index is 0.654. The second-order valence-corrected chi connectivity index (χ2v) is 3.34. The molecule has 0 fully saturated rings. The molecule has 0 aliphatic rings. The van der Waals surface area contributed by atoms with Gasteiger partial charge in [-0.1, -0.05) is 0 Å². The van der Waals surface area contributed by atoms with Crippen LogP contribution in [0.15, 0.2) is 30.7 Å². The lowest BCUT2D eigenvalue weighted by molar-refractivity contribution is 0.747. The van der Waals surface area contributed by atoms with Crippen molar-refractivity contribution in [3.05, 3.63) is 36.4 Å². The summed E-state index contributed by atoms with van der Waals surface area (Å²) in [6, 6.07) is 3.81. The van der Waals surface area contributed by atoms with Crippen LogP contribution < -0.4 is 11.1 Å². The van der Waals surface area contributed by atoms with Gasteiger partial charge < -0.3 is 11.1 Å². The van der Waals surface area contributed by atoms with Crippen LogP contribution in [0.4, 0.5) is 11.4 Å². The summed E-state index contributed by atoms with van der Waals surface area (Å²) in [6.07, 6.45) is 5.26. The summed E-state index contributed by atoms with van der Waals surface area (Å²) in [4.78, 5) is 3.99. The molecule has 0 aliphatic heterocycles. The molecule has 0 amide bonds. The fraction of sp³-hybridized carbons (Fsp3) is 0.200. The molecule has 3 N–H and O–H groups in total. The zero-order valence-electron chi connectivity index (χ0n) is 8.51. The van der Waals surface area contributed by atoms with Crippen LogP contribution in [0.3, 0.4) is 0 Å². The Morgan fingerprint density at radius 1 is 1.47 bits per heavy atom. The molecule has 0 saturated carbocycles. The van der Waals surface area contributed by atoms with Gasteiger partial charge in [0.2, 0.25) is 0 Å². The van der Waals surface area contributed by atoms with Gasteiger partial charge in [0.1, 0.15) is 0 Å². The van der Waals surface area contributed by atoms with E-state index in [0.717, 1.165) is 11.4 Å². The zero-order valence-corrected chi connectivity index (χ0v) is 8.51. The highest BCUT2D eigenvalue weighted by molar-refractivity contribution is 5.51. The van der Waals surface area contributed by atoms with E-state index in [1.165, 1.54) is 0 Å². The normalized spacial score (nSPS) is 10.2. The van der Waals surface area contributed by atoms with Crippen LogP contribution in [0.1, 0.15) is 5.69 Å². The van der Waals surface area contributed by atoms with Gasteiger partial charge in [-0.25, -0.2) is 0 Å². The molecule has 0 unspecified atom stereocenters. The van der Waals surface area contributed by atoms with Crippen LogP contribution in [0, 0.1) is 0 Å². The zero-order chi connectivity index (χ0) is 10.7. The third-order valence-corrected chi connectivity index (χ3v) is 2.00. The molecule has 5 heteroatoms. The Morgan fingerprint density at radius 2 is 2.33 bits per heavy atom. The van der Waals surface area contributed by atoms with Crippen molar-refractivity contribution in [1.82, 2.24) is 14.8 Å². The average Bonchev–Trinajstić information content (AvgIpc) is 2.62. The standard InChI is InChI=1S/C10H13N5/c1-15-3-2-9(14-15)7-13-10-4-8(11)5-12-6-10/h2-6,13H,7,11H2,1H3. The van der Waals surface area contributed by atoms with Crippen molar-refractivity contribution >= 4 is 11.4 Å². The third kappa shape index (κ3) is 2.46. The molecule has 0 aromatic carbocycles.